The minimum atomic E-state index is -0.0560. The molecule has 1 N–H and O–H groups in total. The summed E-state index contributed by atoms with van der Waals surface area (Å²) in [4.78, 5) is 11.9. The third-order valence-electron chi connectivity index (χ3n) is 3.12. The van der Waals surface area contributed by atoms with Crippen LogP contribution in [-0.4, -0.2) is 21.9 Å². The van der Waals surface area contributed by atoms with Crippen LogP contribution in [0, 0.1) is 0 Å². The van der Waals surface area contributed by atoms with Crippen molar-refractivity contribution in [2.75, 3.05) is 11.1 Å². The van der Waals surface area contributed by atoms with Gasteiger partial charge in [-0.05, 0) is 24.3 Å². The third kappa shape index (κ3) is 4.37. The molecular formula is C17H14ClN3O2S. The number of anilines is 1. The molecule has 1 amide bonds. The number of nitrogens with zero attached hydrogens (tertiary/aromatic N) is 2. The van der Waals surface area contributed by atoms with Crippen LogP contribution in [0.1, 0.15) is 6.42 Å². The van der Waals surface area contributed by atoms with Crippen LogP contribution in [-0.2, 0) is 4.79 Å². The second-order valence-electron chi connectivity index (χ2n) is 4.87. The summed E-state index contributed by atoms with van der Waals surface area (Å²) in [6.45, 7) is 0. The standard InChI is InChI=1S/C17H14ClN3O2S/c18-14-9-5-4-8-13(14)16-20-21-17(23-16)24-11-10-15(22)19-12-6-2-1-3-7-12/h1-9H,10-11H2,(H,19,22). The number of aromatic nitrogens is 2. The van der Waals surface area contributed by atoms with Gasteiger partial charge in [0.05, 0.1) is 10.6 Å². The van der Waals surface area contributed by atoms with E-state index in [2.05, 4.69) is 15.5 Å². The van der Waals surface area contributed by atoms with Crippen LogP contribution in [0.2, 0.25) is 5.02 Å². The maximum Gasteiger partial charge on any atom is 0.276 e. The fraction of sp³-hybridized carbons (Fsp3) is 0.118. The van der Waals surface area contributed by atoms with Crippen molar-refractivity contribution in [3.63, 3.8) is 0 Å². The first-order valence-electron chi connectivity index (χ1n) is 7.28. The molecule has 0 aliphatic carbocycles. The molecule has 1 aromatic heterocycles. The zero-order chi connectivity index (χ0) is 16.8. The summed E-state index contributed by atoms with van der Waals surface area (Å²) in [7, 11) is 0. The Balaban J connectivity index is 1.51. The van der Waals surface area contributed by atoms with Crippen LogP contribution in [0.4, 0.5) is 5.69 Å². The lowest BCUT2D eigenvalue weighted by Gasteiger charge is -2.03. The first-order valence-corrected chi connectivity index (χ1v) is 8.65. The maximum absolute atomic E-state index is 11.9. The lowest BCUT2D eigenvalue weighted by Crippen LogP contribution is -2.11. The number of thioether (sulfide) groups is 1. The molecule has 0 saturated heterocycles. The molecule has 5 nitrogen and oxygen atoms in total. The van der Waals surface area contributed by atoms with Crippen LogP contribution in [0.25, 0.3) is 11.5 Å². The van der Waals surface area contributed by atoms with Crippen molar-refractivity contribution in [2.45, 2.75) is 11.6 Å². The topological polar surface area (TPSA) is 68.0 Å². The highest BCUT2D eigenvalue weighted by Crippen LogP contribution is 2.28. The molecule has 0 spiro atoms. The third-order valence-corrected chi connectivity index (χ3v) is 4.27. The van der Waals surface area contributed by atoms with Crippen LogP contribution in [0.3, 0.4) is 0 Å². The van der Waals surface area contributed by atoms with E-state index in [0.717, 1.165) is 5.69 Å². The van der Waals surface area contributed by atoms with E-state index in [-0.39, 0.29) is 5.91 Å². The van der Waals surface area contributed by atoms with Gasteiger partial charge in [-0.3, -0.25) is 4.79 Å². The van der Waals surface area contributed by atoms with Crippen molar-refractivity contribution in [1.29, 1.82) is 0 Å². The number of halogens is 1. The molecular weight excluding hydrogens is 346 g/mol. The number of benzene rings is 2. The average Bonchev–Trinajstić information content (AvgIpc) is 3.05. The lowest BCUT2D eigenvalue weighted by atomic mass is 10.2. The molecule has 7 heteroatoms. The molecule has 3 aromatic rings. The van der Waals surface area contributed by atoms with Crippen molar-refractivity contribution in [3.05, 3.63) is 59.6 Å². The molecule has 0 saturated carbocycles. The van der Waals surface area contributed by atoms with E-state index in [4.69, 9.17) is 16.0 Å². The molecule has 0 atom stereocenters. The summed E-state index contributed by atoms with van der Waals surface area (Å²) in [5.74, 6) is 0.861. The molecule has 0 bridgehead atoms. The Bertz CT molecular complexity index is 823. The average molecular weight is 360 g/mol. The van der Waals surface area contributed by atoms with E-state index in [1.54, 1.807) is 6.07 Å². The molecule has 24 heavy (non-hydrogen) atoms. The molecule has 0 radical (unpaired) electrons. The number of rotatable bonds is 6. The normalized spacial score (nSPS) is 10.5. The summed E-state index contributed by atoms with van der Waals surface area (Å²) in [6, 6.07) is 16.6. The number of carbonyl (C=O) groups is 1. The monoisotopic (exact) mass is 359 g/mol. The summed E-state index contributed by atoms with van der Waals surface area (Å²) in [6.07, 6.45) is 0.351. The Morgan fingerprint density at radius 3 is 2.62 bits per heavy atom. The highest BCUT2D eigenvalue weighted by molar-refractivity contribution is 7.99. The van der Waals surface area contributed by atoms with Crippen LogP contribution < -0.4 is 5.32 Å². The molecule has 0 unspecified atom stereocenters. The number of amides is 1. The number of carbonyl (C=O) groups excluding carboxylic acids is 1. The van der Waals surface area contributed by atoms with Crippen molar-refractivity contribution >= 4 is 35.0 Å². The molecule has 1 heterocycles. The summed E-state index contributed by atoms with van der Waals surface area (Å²) in [5, 5.41) is 11.8. The minimum absolute atomic E-state index is 0.0560. The van der Waals surface area contributed by atoms with E-state index < -0.39 is 0 Å². The van der Waals surface area contributed by atoms with Gasteiger partial charge >= 0.3 is 0 Å². The zero-order valence-electron chi connectivity index (χ0n) is 12.6. The van der Waals surface area contributed by atoms with Gasteiger partial charge in [-0.15, -0.1) is 10.2 Å². The number of para-hydroxylation sites is 1. The fourth-order valence-corrected chi connectivity index (χ4v) is 2.90. The van der Waals surface area contributed by atoms with Gasteiger partial charge in [-0.1, -0.05) is 53.7 Å². The lowest BCUT2D eigenvalue weighted by molar-refractivity contribution is -0.115. The number of hydrogen-bond donors (Lipinski definition) is 1. The van der Waals surface area contributed by atoms with Gasteiger partial charge in [0, 0.05) is 17.9 Å². The largest absolute Gasteiger partial charge is 0.411 e. The Morgan fingerprint density at radius 2 is 1.83 bits per heavy atom. The van der Waals surface area contributed by atoms with Gasteiger partial charge in [0.25, 0.3) is 5.22 Å². The molecule has 2 aromatic carbocycles. The molecule has 0 aliphatic rings. The van der Waals surface area contributed by atoms with Crippen molar-refractivity contribution in [1.82, 2.24) is 10.2 Å². The molecule has 122 valence electrons. The van der Waals surface area contributed by atoms with Crippen molar-refractivity contribution in [3.8, 4) is 11.5 Å². The van der Waals surface area contributed by atoms with Gasteiger partial charge < -0.3 is 9.73 Å². The SMILES string of the molecule is O=C(CCSc1nnc(-c2ccccc2Cl)o1)Nc1ccccc1. The first-order chi connectivity index (χ1) is 11.7. The second kappa shape index (κ2) is 7.99. The Labute approximate surface area is 148 Å². The van der Waals surface area contributed by atoms with E-state index in [1.165, 1.54) is 11.8 Å². The summed E-state index contributed by atoms with van der Waals surface area (Å²) < 4.78 is 5.58. The fourth-order valence-electron chi connectivity index (χ4n) is 1.99. The Kier molecular flexibility index (Phi) is 5.51. The predicted molar refractivity (Wildman–Crippen MR) is 95.2 cm³/mol. The van der Waals surface area contributed by atoms with Gasteiger partial charge in [0.15, 0.2) is 0 Å². The number of hydrogen-bond acceptors (Lipinski definition) is 5. The van der Waals surface area contributed by atoms with E-state index in [0.29, 0.717) is 33.9 Å². The predicted octanol–water partition coefficient (Wildman–Crippen LogP) is 4.51. The molecule has 3 rings (SSSR count). The quantitative estimate of drug-likeness (QED) is 0.656. The van der Waals surface area contributed by atoms with Crippen molar-refractivity contribution in [2.24, 2.45) is 0 Å². The molecule has 0 aliphatic heterocycles. The zero-order valence-corrected chi connectivity index (χ0v) is 14.2. The van der Waals surface area contributed by atoms with Crippen LogP contribution in [0.5, 0.6) is 0 Å². The van der Waals surface area contributed by atoms with Gasteiger partial charge in [-0.25, -0.2) is 0 Å². The first kappa shape index (κ1) is 16.5. The minimum Gasteiger partial charge on any atom is -0.411 e. The maximum atomic E-state index is 11.9. The van der Waals surface area contributed by atoms with Gasteiger partial charge in [0.1, 0.15) is 0 Å². The van der Waals surface area contributed by atoms with Crippen LogP contribution >= 0.6 is 23.4 Å². The van der Waals surface area contributed by atoms with Crippen LogP contribution in [0.15, 0.2) is 64.2 Å². The summed E-state index contributed by atoms with van der Waals surface area (Å²) >= 11 is 7.44. The van der Waals surface area contributed by atoms with Gasteiger partial charge in [0.2, 0.25) is 11.8 Å². The second-order valence-corrected chi connectivity index (χ2v) is 6.32. The van der Waals surface area contributed by atoms with Crippen molar-refractivity contribution < 1.29 is 9.21 Å². The summed E-state index contributed by atoms with van der Waals surface area (Å²) in [5.41, 5.74) is 1.48. The smallest absolute Gasteiger partial charge is 0.276 e. The molecule has 0 fully saturated rings. The van der Waals surface area contributed by atoms with Gasteiger partial charge in [-0.2, -0.15) is 0 Å². The van der Waals surface area contributed by atoms with E-state index in [1.807, 2.05) is 48.5 Å². The Morgan fingerprint density at radius 1 is 1.08 bits per heavy atom. The highest BCUT2D eigenvalue weighted by Gasteiger charge is 2.12. The number of nitrogens with one attached hydrogen (secondary N) is 1. The highest BCUT2D eigenvalue weighted by atomic mass is 35.5. The van der Waals surface area contributed by atoms with E-state index >= 15 is 0 Å². The van der Waals surface area contributed by atoms with E-state index in [9.17, 15) is 4.79 Å². The Hall–Kier alpha value is -2.31.